The molecule has 0 bridgehead atoms. The zero-order valence-electron chi connectivity index (χ0n) is 10.8. The van der Waals surface area contributed by atoms with Gasteiger partial charge in [0.25, 0.3) is 0 Å². The Kier molecular flexibility index (Phi) is 3.47. The lowest BCUT2D eigenvalue weighted by Crippen LogP contribution is -2.31. The third-order valence-corrected chi connectivity index (χ3v) is 3.83. The molecule has 1 aromatic carbocycles. The van der Waals surface area contributed by atoms with Crippen LogP contribution < -0.4 is 11.3 Å². The number of aryl methyl sites for hydroxylation is 1. The van der Waals surface area contributed by atoms with E-state index in [9.17, 15) is 0 Å². The SMILES string of the molecule is Cn1ncc(Br)c1C(NN)c1cccc2nccnc12. The summed E-state index contributed by atoms with van der Waals surface area (Å²) < 4.78 is 2.67. The minimum Gasteiger partial charge on any atom is -0.271 e. The van der Waals surface area contributed by atoms with Crippen molar-refractivity contribution in [3.05, 3.63) is 52.5 Å². The first kappa shape index (κ1) is 13.2. The van der Waals surface area contributed by atoms with Crippen LogP contribution in [0.4, 0.5) is 0 Å². The van der Waals surface area contributed by atoms with Crippen molar-refractivity contribution in [2.24, 2.45) is 12.9 Å². The van der Waals surface area contributed by atoms with Gasteiger partial charge in [0.15, 0.2) is 0 Å². The van der Waals surface area contributed by atoms with Gasteiger partial charge in [-0.3, -0.25) is 20.5 Å². The van der Waals surface area contributed by atoms with Crippen molar-refractivity contribution < 1.29 is 0 Å². The molecule has 2 aromatic heterocycles. The van der Waals surface area contributed by atoms with E-state index in [4.69, 9.17) is 5.84 Å². The van der Waals surface area contributed by atoms with Crippen LogP contribution in [-0.4, -0.2) is 19.7 Å². The largest absolute Gasteiger partial charge is 0.271 e. The van der Waals surface area contributed by atoms with Crippen LogP contribution in [-0.2, 0) is 7.05 Å². The molecular formula is C13H13BrN6. The number of nitrogens with one attached hydrogen (secondary N) is 1. The number of nitrogens with zero attached hydrogens (tertiary/aromatic N) is 4. The van der Waals surface area contributed by atoms with Gasteiger partial charge >= 0.3 is 0 Å². The van der Waals surface area contributed by atoms with E-state index in [2.05, 4.69) is 36.4 Å². The monoisotopic (exact) mass is 332 g/mol. The Morgan fingerprint density at radius 2 is 2.10 bits per heavy atom. The average molecular weight is 333 g/mol. The zero-order valence-corrected chi connectivity index (χ0v) is 12.4. The summed E-state index contributed by atoms with van der Waals surface area (Å²) in [4.78, 5) is 8.74. The molecule has 102 valence electrons. The van der Waals surface area contributed by atoms with Crippen molar-refractivity contribution in [2.45, 2.75) is 6.04 Å². The molecule has 2 heterocycles. The molecule has 0 saturated carbocycles. The molecule has 1 atom stereocenters. The van der Waals surface area contributed by atoms with E-state index in [0.717, 1.165) is 26.8 Å². The maximum atomic E-state index is 5.76. The van der Waals surface area contributed by atoms with E-state index >= 15 is 0 Å². The fraction of sp³-hybridized carbons (Fsp3) is 0.154. The summed E-state index contributed by atoms with van der Waals surface area (Å²) in [5.74, 6) is 5.76. The van der Waals surface area contributed by atoms with E-state index < -0.39 is 0 Å². The van der Waals surface area contributed by atoms with E-state index in [1.54, 1.807) is 23.3 Å². The highest BCUT2D eigenvalue weighted by molar-refractivity contribution is 9.10. The average Bonchev–Trinajstić information content (AvgIpc) is 2.81. The highest BCUT2D eigenvalue weighted by Gasteiger charge is 2.22. The molecule has 0 aliphatic rings. The maximum Gasteiger partial charge on any atom is 0.0939 e. The van der Waals surface area contributed by atoms with Crippen molar-refractivity contribution in [1.82, 2.24) is 25.2 Å². The van der Waals surface area contributed by atoms with Crippen LogP contribution in [0.15, 0.2) is 41.3 Å². The fourth-order valence-corrected chi connectivity index (χ4v) is 2.89. The standard InChI is InChI=1S/C13H13BrN6/c1-20-13(9(14)7-18-20)12(19-15)8-3-2-4-10-11(8)17-6-5-16-10/h2-7,12,19H,15H2,1H3. The van der Waals surface area contributed by atoms with Crippen LogP contribution >= 0.6 is 15.9 Å². The van der Waals surface area contributed by atoms with Crippen molar-refractivity contribution in [3.63, 3.8) is 0 Å². The number of fused-ring (bicyclic) bond motifs is 1. The van der Waals surface area contributed by atoms with E-state index in [1.807, 2.05) is 25.2 Å². The predicted molar refractivity (Wildman–Crippen MR) is 79.6 cm³/mol. The van der Waals surface area contributed by atoms with Gasteiger partial charge in [0.2, 0.25) is 0 Å². The topological polar surface area (TPSA) is 81.7 Å². The van der Waals surface area contributed by atoms with Crippen LogP contribution in [0, 0.1) is 0 Å². The quantitative estimate of drug-likeness (QED) is 0.563. The molecular weight excluding hydrogens is 320 g/mol. The summed E-state index contributed by atoms with van der Waals surface area (Å²) >= 11 is 3.50. The molecule has 0 amide bonds. The van der Waals surface area contributed by atoms with Crippen LogP contribution in [0.25, 0.3) is 11.0 Å². The second kappa shape index (κ2) is 5.28. The van der Waals surface area contributed by atoms with E-state index in [0.29, 0.717) is 0 Å². The molecule has 0 aliphatic carbocycles. The third kappa shape index (κ3) is 2.09. The zero-order chi connectivity index (χ0) is 14.1. The van der Waals surface area contributed by atoms with Crippen molar-refractivity contribution in [3.8, 4) is 0 Å². The molecule has 6 nitrogen and oxygen atoms in total. The van der Waals surface area contributed by atoms with Crippen LogP contribution in [0.2, 0.25) is 0 Å². The number of benzene rings is 1. The second-order valence-corrected chi connectivity index (χ2v) is 5.23. The number of aromatic nitrogens is 4. The molecule has 0 radical (unpaired) electrons. The second-order valence-electron chi connectivity index (χ2n) is 4.37. The minimum atomic E-state index is -0.225. The molecule has 3 N–H and O–H groups in total. The van der Waals surface area contributed by atoms with Gasteiger partial charge in [0.05, 0.1) is 33.4 Å². The lowest BCUT2D eigenvalue weighted by molar-refractivity contribution is 0.575. The smallest absolute Gasteiger partial charge is 0.0939 e. The number of hydrogen-bond donors (Lipinski definition) is 2. The first-order valence-electron chi connectivity index (χ1n) is 6.05. The molecule has 3 rings (SSSR count). The number of hydrogen-bond acceptors (Lipinski definition) is 5. The molecule has 20 heavy (non-hydrogen) atoms. The van der Waals surface area contributed by atoms with E-state index in [1.165, 1.54) is 0 Å². The Labute approximate surface area is 124 Å². The normalized spacial score (nSPS) is 12.8. The van der Waals surface area contributed by atoms with Gasteiger partial charge < -0.3 is 0 Å². The molecule has 1 unspecified atom stereocenters. The van der Waals surface area contributed by atoms with Gasteiger partial charge in [-0.2, -0.15) is 5.10 Å². The van der Waals surface area contributed by atoms with Gasteiger partial charge in [0, 0.05) is 25.0 Å². The number of rotatable bonds is 3. The number of halogens is 1. The van der Waals surface area contributed by atoms with Gasteiger partial charge in [-0.25, -0.2) is 5.43 Å². The van der Waals surface area contributed by atoms with Crippen molar-refractivity contribution in [1.29, 1.82) is 0 Å². The Bertz CT molecular complexity index is 729. The first-order valence-corrected chi connectivity index (χ1v) is 6.85. The molecule has 0 aliphatic heterocycles. The molecule has 0 saturated heterocycles. The van der Waals surface area contributed by atoms with Crippen LogP contribution in [0.5, 0.6) is 0 Å². The number of nitrogens with two attached hydrogens (primary N) is 1. The number of hydrazine groups is 1. The van der Waals surface area contributed by atoms with Crippen molar-refractivity contribution >= 4 is 27.0 Å². The molecule has 0 fully saturated rings. The van der Waals surface area contributed by atoms with Gasteiger partial charge in [-0.15, -0.1) is 0 Å². The number of para-hydroxylation sites is 1. The predicted octanol–water partition coefficient (Wildman–Crippen LogP) is 1.68. The lowest BCUT2D eigenvalue weighted by Gasteiger charge is -2.18. The molecule has 7 heteroatoms. The summed E-state index contributed by atoms with van der Waals surface area (Å²) in [6, 6.07) is 5.64. The fourth-order valence-electron chi connectivity index (χ4n) is 2.31. The molecule has 3 aromatic rings. The molecule has 0 spiro atoms. The summed E-state index contributed by atoms with van der Waals surface area (Å²) in [5.41, 5.74) is 6.39. The summed E-state index contributed by atoms with van der Waals surface area (Å²) in [7, 11) is 1.88. The summed E-state index contributed by atoms with van der Waals surface area (Å²) in [5, 5.41) is 4.23. The van der Waals surface area contributed by atoms with Gasteiger partial charge in [0.1, 0.15) is 0 Å². The van der Waals surface area contributed by atoms with Gasteiger partial charge in [-0.1, -0.05) is 12.1 Å². The lowest BCUT2D eigenvalue weighted by atomic mass is 10.0. The highest BCUT2D eigenvalue weighted by Crippen LogP contribution is 2.30. The van der Waals surface area contributed by atoms with Crippen molar-refractivity contribution in [2.75, 3.05) is 0 Å². The maximum absolute atomic E-state index is 5.76. The van der Waals surface area contributed by atoms with Crippen LogP contribution in [0.1, 0.15) is 17.3 Å². The summed E-state index contributed by atoms with van der Waals surface area (Å²) in [6.45, 7) is 0. The minimum absolute atomic E-state index is 0.225. The first-order chi connectivity index (χ1) is 9.72. The Morgan fingerprint density at radius 1 is 1.30 bits per heavy atom. The van der Waals surface area contributed by atoms with Crippen LogP contribution in [0.3, 0.4) is 0 Å². The summed E-state index contributed by atoms with van der Waals surface area (Å²) in [6.07, 6.45) is 5.10. The van der Waals surface area contributed by atoms with Gasteiger partial charge in [-0.05, 0) is 22.0 Å². The Morgan fingerprint density at radius 3 is 2.80 bits per heavy atom. The van der Waals surface area contributed by atoms with E-state index in [-0.39, 0.29) is 6.04 Å². The Balaban J connectivity index is 2.22. The Hall–Kier alpha value is -1.83. The highest BCUT2D eigenvalue weighted by atomic mass is 79.9. The third-order valence-electron chi connectivity index (χ3n) is 3.22.